The first-order valence-corrected chi connectivity index (χ1v) is 6.50. The number of hydrogen-bond donors (Lipinski definition) is 1. The Morgan fingerprint density at radius 3 is 1.91 bits per heavy atom. The number of aliphatic carboxylic acids is 1. The zero-order valence-electron chi connectivity index (χ0n) is 12.0. The lowest BCUT2D eigenvalue weighted by molar-refractivity contribution is -0.273. The lowest BCUT2D eigenvalue weighted by Gasteiger charge is -2.30. The summed E-state index contributed by atoms with van der Waals surface area (Å²) in [5, 5.41) is 9.04. The van der Waals surface area contributed by atoms with Crippen LogP contribution in [-0.4, -0.2) is 24.4 Å². The minimum absolute atomic E-state index is 0.275. The van der Waals surface area contributed by atoms with Crippen LogP contribution >= 0.6 is 0 Å². The van der Waals surface area contributed by atoms with E-state index in [1.54, 1.807) is 30.3 Å². The largest absolute Gasteiger partial charge is 0.479 e. The molecule has 0 fully saturated rings. The number of ether oxygens (including phenoxy) is 2. The summed E-state index contributed by atoms with van der Waals surface area (Å²) in [4.78, 5) is 11.2. The van der Waals surface area contributed by atoms with Gasteiger partial charge in [-0.05, 0) is 24.3 Å². The number of benzene rings is 2. The summed E-state index contributed by atoms with van der Waals surface area (Å²) >= 11 is 0. The van der Waals surface area contributed by atoms with Gasteiger partial charge < -0.3 is 14.6 Å². The Morgan fingerprint density at radius 2 is 1.48 bits per heavy atom. The van der Waals surface area contributed by atoms with Gasteiger partial charge in [-0.15, -0.1) is 0 Å². The number of carbonyl (C=O) groups is 1. The summed E-state index contributed by atoms with van der Waals surface area (Å²) in [7, 11) is 0.704. The third-order valence-electron chi connectivity index (χ3n) is 3.25. The summed E-state index contributed by atoms with van der Waals surface area (Å²) in [6.45, 7) is 0. The molecular weight excluding hydrogens is 313 g/mol. The highest BCUT2D eigenvalue weighted by Crippen LogP contribution is 2.42. The fourth-order valence-corrected chi connectivity index (χ4v) is 2.11. The SMILES string of the molecule is COC(C(=O)O)(c1ccc(Oc2ccccc2)cc1)C(F)(F)F. The molecule has 0 aliphatic rings. The minimum atomic E-state index is -5.12. The second-order valence-corrected chi connectivity index (χ2v) is 4.63. The first-order valence-electron chi connectivity index (χ1n) is 6.50. The van der Waals surface area contributed by atoms with Gasteiger partial charge in [-0.2, -0.15) is 13.2 Å². The molecule has 0 aromatic heterocycles. The molecule has 0 radical (unpaired) electrons. The van der Waals surface area contributed by atoms with Crippen LogP contribution in [0, 0.1) is 0 Å². The topological polar surface area (TPSA) is 55.8 Å². The van der Waals surface area contributed by atoms with Crippen LogP contribution in [0.2, 0.25) is 0 Å². The number of rotatable bonds is 5. The van der Waals surface area contributed by atoms with Crippen molar-refractivity contribution in [2.24, 2.45) is 0 Å². The zero-order chi connectivity index (χ0) is 17.1. The predicted octanol–water partition coefficient (Wildman–Crippen LogP) is 3.97. The van der Waals surface area contributed by atoms with Crippen molar-refractivity contribution in [3.05, 3.63) is 60.2 Å². The van der Waals surface area contributed by atoms with Crippen LogP contribution in [0.1, 0.15) is 5.56 Å². The maximum absolute atomic E-state index is 13.2. The van der Waals surface area contributed by atoms with Gasteiger partial charge in [-0.1, -0.05) is 30.3 Å². The van der Waals surface area contributed by atoms with E-state index in [0.717, 1.165) is 12.1 Å². The van der Waals surface area contributed by atoms with Crippen molar-refractivity contribution >= 4 is 5.97 Å². The molecule has 2 rings (SSSR count). The average Bonchev–Trinajstić information content (AvgIpc) is 2.49. The van der Waals surface area contributed by atoms with Gasteiger partial charge in [0.25, 0.3) is 5.60 Å². The number of hydrogen-bond acceptors (Lipinski definition) is 3. The van der Waals surface area contributed by atoms with E-state index < -0.39 is 23.3 Å². The van der Waals surface area contributed by atoms with Crippen molar-refractivity contribution in [3.8, 4) is 11.5 Å². The Balaban J connectivity index is 2.35. The first-order chi connectivity index (χ1) is 10.8. The Kier molecular flexibility index (Phi) is 4.60. The maximum Gasteiger partial charge on any atom is 0.432 e. The molecule has 1 N–H and O–H groups in total. The molecule has 4 nitrogen and oxygen atoms in total. The van der Waals surface area contributed by atoms with Crippen LogP contribution in [-0.2, 0) is 15.1 Å². The normalized spacial score (nSPS) is 14.1. The summed E-state index contributed by atoms with van der Waals surface area (Å²) in [5.41, 5.74) is -3.96. The van der Waals surface area contributed by atoms with Gasteiger partial charge in [0.2, 0.25) is 0 Å². The first kappa shape index (κ1) is 16.8. The number of para-hydroxylation sites is 1. The van der Waals surface area contributed by atoms with Crippen molar-refractivity contribution in [2.45, 2.75) is 11.8 Å². The van der Waals surface area contributed by atoms with Gasteiger partial charge >= 0.3 is 12.1 Å². The molecule has 122 valence electrons. The Bertz CT molecular complexity index is 668. The molecule has 2 aromatic rings. The third-order valence-corrected chi connectivity index (χ3v) is 3.25. The van der Waals surface area contributed by atoms with E-state index in [-0.39, 0.29) is 5.75 Å². The number of carboxylic acid groups (broad SMARTS) is 1. The smallest absolute Gasteiger partial charge is 0.432 e. The summed E-state index contributed by atoms with van der Waals surface area (Å²) in [5.74, 6) is -1.35. The average molecular weight is 326 g/mol. The predicted molar refractivity (Wildman–Crippen MR) is 75.3 cm³/mol. The maximum atomic E-state index is 13.2. The molecule has 1 unspecified atom stereocenters. The van der Waals surface area contributed by atoms with Gasteiger partial charge in [0.1, 0.15) is 11.5 Å². The highest BCUT2D eigenvalue weighted by molar-refractivity contribution is 5.80. The van der Waals surface area contributed by atoms with Gasteiger partial charge in [0.05, 0.1) is 0 Å². The van der Waals surface area contributed by atoms with E-state index in [9.17, 15) is 18.0 Å². The van der Waals surface area contributed by atoms with E-state index >= 15 is 0 Å². The second-order valence-electron chi connectivity index (χ2n) is 4.63. The minimum Gasteiger partial charge on any atom is -0.479 e. The third kappa shape index (κ3) is 3.14. The number of halogens is 3. The van der Waals surface area contributed by atoms with Crippen LogP contribution in [0.5, 0.6) is 11.5 Å². The van der Waals surface area contributed by atoms with E-state index in [0.29, 0.717) is 12.9 Å². The van der Waals surface area contributed by atoms with Gasteiger partial charge in [-0.25, -0.2) is 4.79 Å². The summed E-state index contributed by atoms with van der Waals surface area (Å²) in [6.07, 6.45) is -5.12. The molecule has 0 saturated carbocycles. The van der Waals surface area contributed by atoms with Crippen LogP contribution in [0.15, 0.2) is 54.6 Å². The van der Waals surface area contributed by atoms with Gasteiger partial charge in [0.15, 0.2) is 0 Å². The van der Waals surface area contributed by atoms with Crippen LogP contribution in [0.25, 0.3) is 0 Å². The summed E-state index contributed by atoms with van der Waals surface area (Å²) in [6, 6.07) is 13.2. The molecular formula is C16H13F3O4. The van der Waals surface area contributed by atoms with Crippen LogP contribution in [0.3, 0.4) is 0 Å². The fourth-order valence-electron chi connectivity index (χ4n) is 2.11. The molecule has 23 heavy (non-hydrogen) atoms. The van der Waals surface area contributed by atoms with Crippen LogP contribution in [0.4, 0.5) is 13.2 Å². The molecule has 0 amide bonds. The van der Waals surface area contributed by atoms with Crippen molar-refractivity contribution in [2.75, 3.05) is 7.11 Å². The number of alkyl halides is 3. The highest BCUT2D eigenvalue weighted by atomic mass is 19.4. The van der Waals surface area contributed by atoms with E-state index in [2.05, 4.69) is 4.74 Å². The molecule has 0 saturated heterocycles. The molecule has 0 aliphatic carbocycles. The van der Waals surface area contributed by atoms with Gasteiger partial charge in [0, 0.05) is 12.7 Å². The lowest BCUT2D eigenvalue weighted by Crippen LogP contribution is -2.50. The second kappa shape index (κ2) is 6.29. The van der Waals surface area contributed by atoms with Crippen LogP contribution < -0.4 is 4.74 Å². The lowest BCUT2D eigenvalue weighted by atomic mass is 9.93. The van der Waals surface area contributed by atoms with Crippen molar-refractivity contribution in [3.63, 3.8) is 0 Å². The van der Waals surface area contributed by atoms with E-state index in [1.165, 1.54) is 12.1 Å². The quantitative estimate of drug-likeness (QED) is 0.903. The number of methoxy groups -OCH3 is 1. The molecule has 0 aliphatic heterocycles. The molecule has 0 heterocycles. The van der Waals surface area contributed by atoms with Crippen molar-refractivity contribution < 1.29 is 32.5 Å². The van der Waals surface area contributed by atoms with Crippen molar-refractivity contribution in [1.82, 2.24) is 0 Å². The molecule has 0 bridgehead atoms. The number of carboxylic acids is 1. The van der Waals surface area contributed by atoms with Gasteiger partial charge in [-0.3, -0.25) is 0 Å². The zero-order valence-corrected chi connectivity index (χ0v) is 12.0. The standard InChI is InChI=1S/C16H13F3O4/c1-22-15(14(20)21,16(17,18)19)11-7-9-13(10-8-11)23-12-5-3-2-4-6-12/h2-10H,1H3,(H,20,21). The Labute approximate surface area is 130 Å². The Hall–Kier alpha value is -2.54. The molecule has 1 atom stereocenters. The fraction of sp³-hybridized carbons (Fsp3) is 0.188. The molecule has 0 spiro atoms. The monoisotopic (exact) mass is 326 g/mol. The van der Waals surface area contributed by atoms with E-state index in [4.69, 9.17) is 9.84 Å². The summed E-state index contributed by atoms with van der Waals surface area (Å²) < 4.78 is 49.5. The van der Waals surface area contributed by atoms with E-state index in [1.807, 2.05) is 0 Å². The Morgan fingerprint density at radius 1 is 0.957 bits per heavy atom. The molecule has 7 heteroatoms. The molecule has 2 aromatic carbocycles. The highest BCUT2D eigenvalue weighted by Gasteiger charge is 2.63. The van der Waals surface area contributed by atoms with Crippen molar-refractivity contribution in [1.29, 1.82) is 0 Å².